The fourth-order valence-corrected chi connectivity index (χ4v) is 1.72. The molecular weight excluding hydrogens is 222 g/mol. The van der Waals surface area contributed by atoms with Crippen LogP contribution in [0.3, 0.4) is 0 Å². The van der Waals surface area contributed by atoms with Crippen molar-refractivity contribution in [3.05, 3.63) is 64.9 Å². The number of halogens is 1. The molecule has 0 fully saturated rings. The van der Waals surface area contributed by atoms with E-state index in [1.54, 1.807) is 37.5 Å². The second-order valence-electron chi connectivity index (χ2n) is 3.82. The lowest BCUT2D eigenvalue weighted by Crippen LogP contribution is -2.22. The van der Waals surface area contributed by atoms with E-state index >= 15 is 0 Å². The summed E-state index contributed by atoms with van der Waals surface area (Å²) in [5.41, 5.74) is 0.515. The number of aliphatic hydroxyl groups is 1. The molecule has 0 aliphatic rings. The minimum atomic E-state index is -1.04. The van der Waals surface area contributed by atoms with Gasteiger partial charge in [-0.1, -0.05) is 29.8 Å². The normalized spacial score (nSPS) is 14.4. The molecular formula is C13H12ClNO. The van der Waals surface area contributed by atoms with Gasteiger partial charge in [-0.3, -0.25) is 4.98 Å². The minimum absolute atomic E-state index is 0.658. The predicted octanol–water partition coefficient (Wildman–Crippen LogP) is 2.99. The SMILES string of the molecule is CC(O)(c1ccc(Cl)cc1)c1cccnc1. The highest BCUT2D eigenvalue weighted by Crippen LogP contribution is 2.28. The van der Waals surface area contributed by atoms with Crippen LogP contribution in [-0.4, -0.2) is 10.1 Å². The van der Waals surface area contributed by atoms with E-state index in [1.807, 2.05) is 18.2 Å². The first kappa shape index (κ1) is 11.1. The molecule has 1 atom stereocenters. The molecule has 2 nitrogen and oxygen atoms in total. The molecule has 0 saturated heterocycles. The molecule has 0 radical (unpaired) electrons. The van der Waals surface area contributed by atoms with Crippen molar-refractivity contribution in [3.63, 3.8) is 0 Å². The molecule has 0 amide bonds. The molecule has 0 aliphatic heterocycles. The summed E-state index contributed by atoms with van der Waals surface area (Å²) in [6, 6.07) is 10.8. The van der Waals surface area contributed by atoms with Crippen molar-refractivity contribution in [1.29, 1.82) is 0 Å². The Morgan fingerprint density at radius 1 is 1.12 bits per heavy atom. The summed E-state index contributed by atoms with van der Waals surface area (Å²) in [5.74, 6) is 0. The molecule has 1 N–H and O–H groups in total. The third-order valence-corrected chi connectivity index (χ3v) is 2.88. The zero-order valence-corrected chi connectivity index (χ0v) is 9.65. The number of hydrogen-bond donors (Lipinski definition) is 1. The van der Waals surface area contributed by atoms with Gasteiger partial charge in [0.1, 0.15) is 5.60 Å². The van der Waals surface area contributed by atoms with Crippen LogP contribution in [0.1, 0.15) is 18.1 Å². The first-order valence-electron chi connectivity index (χ1n) is 4.99. The summed E-state index contributed by atoms with van der Waals surface area (Å²) in [7, 11) is 0. The van der Waals surface area contributed by atoms with Gasteiger partial charge in [-0.25, -0.2) is 0 Å². The van der Waals surface area contributed by atoms with Gasteiger partial charge in [0.15, 0.2) is 0 Å². The maximum Gasteiger partial charge on any atom is 0.113 e. The van der Waals surface area contributed by atoms with Gasteiger partial charge in [0.05, 0.1) is 0 Å². The molecule has 1 unspecified atom stereocenters. The summed E-state index contributed by atoms with van der Waals surface area (Å²) in [6.07, 6.45) is 3.34. The van der Waals surface area contributed by atoms with Crippen LogP contribution >= 0.6 is 11.6 Å². The second-order valence-corrected chi connectivity index (χ2v) is 4.26. The molecule has 1 aromatic heterocycles. The van der Waals surface area contributed by atoms with E-state index < -0.39 is 5.60 Å². The van der Waals surface area contributed by atoms with Crippen LogP contribution in [0.25, 0.3) is 0 Å². The van der Waals surface area contributed by atoms with E-state index in [-0.39, 0.29) is 0 Å². The fourth-order valence-electron chi connectivity index (χ4n) is 1.59. The molecule has 1 aromatic carbocycles. The smallest absolute Gasteiger partial charge is 0.113 e. The fraction of sp³-hybridized carbons (Fsp3) is 0.154. The average Bonchev–Trinajstić information content (AvgIpc) is 2.31. The Balaban J connectivity index is 2.43. The molecule has 0 saturated carbocycles. The van der Waals surface area contributed by atoms with E-state index in [2.05, 4.69) is 4.98 Å². The van der Waals surface area contributed by atoms with E-state index in [1.165, 1.54) is 0 Å². The largest absolute Gasteiger partial charge is 0.381 e. The lowest BCUT2D eigenvalue weighted by molar-refractivity contribution is 0.102. The van der Waals surface area contributed by atoms with E-state index in [0.717, 1.165) is 11.1 Å². The summed E-state index contributed by atoms with van der Waals surface area (Å²) < 4.78 is 0. The van der Waals surface area contributed by atoms with Crippen molar-refractivity contribution in [2.24, 2.45) is 0 Å². The predicted molar refractivity (Wildman–Crippen MR) is 64.4 cm³/mol. The zero-order valence-electron chi connectivity index (χ0n) is 8.89. The van der Waals surface area contributed by atoms with E-state index in [9.17, 15) is 5.11 Å². The van der Waals surface area contributed by atoms with Gasteiger partial charge >= 0.3 is 0 Å². The maximum atomic E-state index is 10.5. The third-order valence-electron chi connectivity index (χ3n) is 2.63. The van der Waals surface area contributed by atoms with Gasteiger partial charge in [-0.15, -0.1) is 0 Å². The number of rotatable bonds is 2. The third kappa shape index (κ3) is 2.08. The van der Waals surface area contributed by atoms with Crippen LogP contribution in [0.2, 0.25) is 5.02 Å². The second kappa shape index (κ2) is 4.24. The Labute approximate surface area is 99.5 Å². The molecule has 3 heteroatoms. The highest BCUT2D eigenvalue weighted by Gasteiger charge is 2.25. The zero-order chi connectivity index (χ0) is 11.6. The van der Waals surface area contributed by atoms with Crippen LogP contribution in [0.4, 0.5) is 0 Å². The van der Waals surface area contributed by atoms with Crippen LogP contribution in [0, 0.1) is 0 Å². The van der Waals surface area contributed by atoms with Gasteiger partial charge in [0.2, 0.25) is 0 Å². The molecule has 82 valence electrons. The summed E-state index contributed by atoms with van der Waals surface area (Å²) >= 11 is 5.81. The van der Waals surface area contributed by atoms with E-state index in [4.69, 9.17) is 11.6 Å². The quantitative estimate of drug-likeness (QED) is 0.865. The number of hydrogen-bond acceptors (Lipinski definition) is 2. The molecule has 1 heterocycles. The first-order chi connectivity index (χ1) is 7.60. The Hall–Kier alpha value is -1.38. The Kier molecular flexibility index (Phi) is 2.95. The van der Waals surface area contributed by atoms with Gasteiger partial charge in [-0.05, 0) is 30.7 Å². The Morgan fingerprint density at radius 2 is 1.81 bits per heavy atom. The van der Waals surface area contributed by atoms with Gasteiger partial charge in [-0.2, -0.15) is 0 Å². The van der Waals surface area contributed by atoms with Crippen LogP contribution in [0.15, 0.2) is 48.8 Å². The highest BCUT2D eigenvalue weighted by molar-refractivity contribution is 6.30. The Morgan fingerprint density at radius 3 is 2.38 bits per heavy atom. The Bertz CT molecular complexity index is 465. The lowest BCUT2D eigenvalue weighted by atomic mass is 9.89. The first-order valence-corrected chi connectivity index (χ1v) is 5.37. The minimum Gasteiger partial charge on any atom is -0.381 e. The molecule has 2 aromatic rings. The van der Waals surface area contributed by atoms with Gasteiger partial charge in [0, 0.05) is 23.0 Å². The van der Waals surface area contributed by atoms with Crippen LogP contribution in [-0.2, 0) is 5.60 Å². The maximum absolute atomic E-state index is 10.5. The summed E-state index contributed by atoms with van der Waals surface area (Å²) in [5, 5.41) is 11.1. The summed E-state index contributed by atoms with van der Waals surface area (Å²) in [4.78, 5) is 4.01. The molecule has 0 spiro atoms. The van der Waals surface area contributed by atoms with Crippen LogP contribution < -0.4 is 0 Å². The number of nitrogens with zero attached hydrogens (tertiary/aromatic N) is 1. The average molecular weight is 234 g/mol. The van der Waals surface area contributed by atoms with Crippen molar-refractivity contribution in [2.45, 2.75) is 12.5 Å². The van der Waals surface area contributed by atoms with Crippen molar-refractivity contribution in [1.82, 2.24) is 4.98 Å². The highest BCUT2D eigenvalue weighted by atomic mass is 35.5. The molecule has 2 rings (SSSR count). The molecule has 0 bridgehead atoms. The number of aromatic nitrogens is 1. The van der Waals surface area contributed by atoms with Gasteiger partial charge in [0.25, 0.3) is 0 Å². The lowest BCUT2D eigenvalue weighted by Gasteiger charge is -2.24. The van der Waals surface area contributed by atoms with Crippen molar-refractivity contribution < 1.29 is 5.11 Å². The van der Waals surface area contributed by atoms with Crippen LogP contribution in [0.5, 0.6) is 0 Å². The van der Waals surface area contributed by atoms with E-state index in [0.29, 0.717) is 5.02 Å². The topological polar surface area (TPSA) is 33.1 Å². The monoisotopic (exact) mass is 233 g/mol. The van der Waals surface area contributed by atoms with Crippen molar-refractivity contribution >= 4 is 11.6 Å². The summed E-state index contributed by atoms with van der Waals surface area (Å²) in [6.45, 7) is 1.74. The molecule has 16 heavy (non-hydrogen) atoms. The van der Waals surface area contributed by atoms with Gasteiger partial charge < -0.3 is 5.11 Å². The molecule has 0 aliphatic carbocycles. The van der Waals surface area contributed by atoms with Crippen molar-refractivity contribution in [3.8, 4) is 0 Å². The number of pyridine rings is 1. The van der Waals surface area contributed by atoms with Crippen molar-refractivity contribution in [2.75, 3.05) is 0 Å². The number of benzene rings is 1. The standard InChI is InChI=1S/C13H12ClNO/c1-13(16,11-3-2-8-15-9-11)10-4-6-12(14)7-5-10/h2-9,16H,1H3.